The maximum absolute atomic E-state index is 13.0. The van der Waals surface area contributed by atoms with E-state index in [0.29, 0.717) is 0 Å². The number of alkyl halides is 3. The molecule has 0 unspecified atom stereocenters. The van der Waals surface area contributed by atoms with Crippen molar-refractivity contribution in [2.24, 2.45) is 0 Å². The van der Waals surface area contributed by atoms with E-state index in [0.717, 1.165) is 44.0 Å². The predicted octanol–water partition coefficient (Wildman–Crippen LogP) is 2.76. The number of carbonyl (C=O) groups is 1. The van der Waals surface area contributed by atoms with Gasteiger partial charge in [0.2, 0.25) is 0 Å². The highest BCUT2D eigenvalue weighted by molar-refractivity contribution is 6.05. The van der Waals surface area contributed by atoms with Gasteiger partial charge in [-0.25, -0.2) is 4.98 Å². The summed E-state index contributed by atoms with van der Waals surface area (Å²) in [7, 11) is 0. The molecule has 1 aromatic carbocycles. The maximum Gasteiger partial charge on any atom is 0.417 e. The van der Waals surface area contributed by atoms with Crippen LogP contribution in [-0.2, 0) is 6.18 Å². The molecule has 0 spiro atoms. The minimum atomic E-state index is -4.59. The molecule has 0 aliphatic carbocycles. The lowest BCUT2D eigenvalue weighted by atomic mass is 10.1. The van der Waals surface area contributed by atoms with E-state index in [1.165, 1.54) is 12.1 Å². The number of hydrogen-bond acceptors (Lipinski definition) is 4. The largest absolute Gasteiger partial charge is 0.417 e. The molecule has 1 saturated heterocycles. The summed E-state index contributed by atoms with van der Waals surface area (Å²) in [5.74, 6) is -0.629. The lowest BCUT2D eigenvalue weighted by molar-refractivity contribution is -0.137. The van der Waals surface area contributed by atoms with E-state index < -0.39 is 23.2 Å². The molecular formula is C17H17F3N4O. The number of rotatable bonds is 3. The predicted molar refractivity (Wildman–Crippen MR) is 88.7 cm³/mol. The number of nitrogens with one attached hydrogen (secondary N) is 2. The van der Waals surface area contributed by atoms with Crippen molar-refractivity contribution >= 4 is 17.4 Å². The fourth-order valence-corrected chi connectivity index (χ4v) is 2.68. The van der Waals surface area contributed by atoms with Crippen LogP contribution in [0.4, 0.5) is 24.7 Å². The van der Waals surface area contributed by atoms with E-state index in [1.807, 2.05) is 0 Å². The maximum atomic E-state index is 13.0. The first-order valence-electron chi connectivity index (χ1n) is 7.84. The van der Waals surface area contributed by atoms with Crippen molar-refractivity contribution < 1.29 is 18.0 Å². The van der Waals surface area contributed by atoms with Crippen LogP contribution in [0.15, 0.2) is 42.6 Å². The molecule has 1 aliphatic heterocycles. The Balaban J connectivity index is 1.73. The number of nitrogens with zero attached hydrogens (tertiary/aromatic N) is 2. The first-order chi connectivity index (χ1) is 11.9. The number of hydrogen-bond donors (Lipinski definition) is 2. The Labute approximate surface area is 142 Å². The van der Waals surface area contributed by atoms with Crippen LogP contribution in [0.2, 0.25) is 0 Å². The van der Waals surface area contributed by atoms with Crippen LogP contribution in [0.3, 0.4) is 0 Å². The average Bonchev–Trinajstić information content (AvgIpc) is 2.62. The molecule has 1 amide bonds. The number of halogens is 3. The fraction of sp³-hybridized carbons (Fsp3) is 0.294. The monoisotopic (exact) mass is 350 g/mol. The molecule has 0 atom stereocenters. The first-order valence-corrected chi connectivity index (χ1v) is 7.84. The molecule has 2 aromatic rings. The van der Waals surface area contributed by atoms with E-state index in [1.54, 1.807) is 18.3 Å². The van der Waals surface area contributed by atoms with Crippen molar-refractivity contribution in [2.75, 3.05) is 36.4 Å². The lowest BCUT2D eigenvalue weighted by Crippen LogP contribution is -2.43. The Hall–Kier alpha value is -2.61. The normalized spacial score (nSPS) is 15.1. The smallest absolute Gasteiger partial charge is 0.368 e. The van der Waals surface area contributed by atoms with Crippen LogP contribution in [-0.4, -0.2) is 37.1 Å². The zero-order valence-electron chi connectivity index (χ0n) is 13.3. The van der Waals surface area contributed by atoms with Gasteiger partial charge in [-0.3, -0.25) is 4.79 Å². The molecule has 1 fully saturated rings. The van der Waals surface area contributed by atoms with Crippen LogP contribution in [0.25, 0.3) is 0 Å². The summed E-state index contributed by atoms with van der Waals surface area (Å²) in [6.45, 7) is 3.47. The van der Waals surface area contributed by atoms with Gasteiger partial charge in [-0.15, -0.1) is 0 Å². The van der Waals surface area contributed by atoms with Gasteiger partial charge in [0.15, 0.2) is 0 Å². The summed E-state index contributed by atoms with van der Waals surface area (Å²) in [4.78, 5) is 18.5. The van der Waals surface area contributed by atoms with Gasteiger partial charge in [0, 0.05) is 26.2 Å². The van der Waals surface area contributed by atoms with Gasteiger partial charge in [-0.2, -0.15) is 13.2 Å². The summed E-state index contributed by atoms with van der Waals surface area (Å²) < 4.78 is 39.0. The van der Waals surface area contributed by atoms with Gasteiger partial charge in [-0.05, 0) is 24.3 Å². The molecule has 2 N–H and O–H groups in total. The van der Waals surface area contributed by atoms with Crippen LogP contribution in [0.1, 0.15) is 15.9 Å². The molecule has 0 radical (unpaired) electrons. The van der Waals surface area contributed by atoms with Crippen molar-refractivity contribution in [1.82, 2.24) is 10.3 Å². The molecule has 5 nitrogen and oxygen atoms in total. The summed E-state index contributed by atoms with van der Waals surface area (Å²) in [6, 6.07) is 8.06. The molecular weight excluding hydrogens is 333 g/mol. The van der Waals surface area contributed by atoms with E-state index in [9.17, 15) is 18.0 Å². The molecule has 1 aromatic heterocycles. The summed E-state index contributed by atoms with van der Waals surface area (Å²) in [5.41, 5.74) is -0.483. The van der Waals surface area contributed by atoms with Gasteiger partial charge >= 0.3 is 6.18 Å². The Bertz CT molecular complexity index is 740. The number of carbonyl (C=O) groups excluding carboxylic acids is 1. The average molecular weight is 350 g/mol. The van der Waals surface area contributed by atoms with E-state index in [-0.39, 0.29) is 5.82 Å². The number of aromatic nitrogens is 1. The SMILES string of the molecule is O=C(Nc1ccc(N2CCNCC2)cn1)c1ccccc1C(F)(F)F. The minimum absolute atomic E-state index is 0.209. The van der Waals surface area contributed by atoms with E-state index in [2.05, 4.69) is 20.5 Å². The van der Waals surface area contributed by atoms with Crippen LogP contribution < -0.4 is 15.5 Å². The Kier molecular flexibility index (Phi) is 4.89. The highest BCUT2D eigenvalue weighted by Gasteiger charge is 2.34. The number of anilines is 2. The number of pyridine rings is 1. The van der Waals surface area contributed by atoms with Crippen molar-refractivity contribution in [3.05, 3.63) is 53.7 Å². The molecule has 2 heterocycles. The number of piperazine rings is 1. The van der Waals surface area contributed by atoms with E-state index >= 15 is 0 Å². The van der Waals surface area contributed by atoms with E-state index in [4.69, 9.17) is 0 Å². The number of amides is 1. The van der Waals surface area contributed by atoms with Gasteiger partial charge in [0.25, 0.3) is 5.91 Å². The zero-order valence-corrected chi connectivity index (χ0v) is 13.3. The van der Waals surface area contributed by atoms with Gasteiger partial charge < -0.3 is 15.5 Å². The van der Waals surface area contributed by atoms with Crippen LogP contribution in [0.5, 0.6) is 0 Å². The van der Waals surface area contributed by atoms with Gasteiger partial charge in [0.05, 0.1) is 23.0 Å². The van der Waals surface area contributed by atoms with Crippen LogP contribution in [0, 0.1) is 0 Å². The highest BCUT2D eigenvalue weighted by atomic mass is 19.4. The lowest BCUT2D eigenvalue weighted by Gasteiger charge is -2.29. The Morgan fingerprint density at radius 3 is 2.48 bits per heavy atom. The minimum Gasteiger partial charge on any atom is -0.368 e. The molecule has 0 bridgehead atoms. The quantitative estimate of drug-likeness (QED) is 0.894. The summed E-state index contributed by atoms with van der Waals surface area (Å²) in [5, 5.41) is 5.67. The first kappa shape index (κ1) is 17.2. The number of benzene rings is 1. The topological polar surface area (TPSA) is 57.3 Å². The molecule has 25 heavy (non-hydrogen) atoms. The third kappa shape index (κ3) is 4.08. The summed E-state index contributed by atoms with van der Waals surface area (Å²) in [6.07, 6.45) is -2.98. The molecule has 3 rings (SSSR count). The molecule has 132 valence electrons. The highest BCUT2D eigenvalue weighted by Crippen LogP contribution is 2.32. The third-order valence-corrected chi connectivity index (χ3v) is 3.95. The van der Waals surface area contributed by atoms with Crippen molar-refractivity contribution in [1.29, 1.82) is 0 Å². The van der Waals surface area contributed by atoms with Crippen molar-refractivity contribution in [3.63, 3.8) is 0 Å². The van der Waals surface area contributed by atoms with Gasteiger partial charge in [-0.1, -0.05) is 12.1 Å². The second-order valence-corrected chi connectivity index (χ2v) is 5.64. The Morgan fingerprint density at radius 1 is 1.12 bits per heavy atom. The van der Waals surface area contributed by atoms with Crippen molar-refractivity contribution in [2.45, 2.75) is 6.18 Å². The fourth-order valence-electron chi connectivity index (χ4n) is 2.68. The summed E-state index contributed by atoms with van der Waals surface area (Å²) >= 11 is 0. The molecule has 1 aliphatic rings. The third-order valence-electron chi connectivity index (χ3n) is 3.95. The second kappa shape index (κ2) is 7.10. The molecule has 8 heteroatoms. The Morgan fingerprint density at radius 2 is 1.84 bits per heavy atom. The molecule has 0 saturated carbocycles. The second-order valence-electron chi connectivity index (χ2n) is 5.64. The zero-order chi connectivity index (χ0) is 17.9. The van der Waals surface area contributed by atoms with Crippen molar-refractivity contribution in [3.8, 4) is 0 Å². The van der Waals surface area contributed by atoms with Crippen LogP contribution >= 0.6 is 0 Å². The standard InChI is InChI=1S/C17H17F3N4O/c18-17(19,20)14-4-2-1-3-13(14)16(25)23-15-6-5-12(11-22-15)24-9-7-21-8-10-24/h1-6,11,21H,7-10H2,(H,22,23,25). The van der Waals surface area contributed by atoms with Gasteiger partial charge in [0.1, 0.15) is 5.82 Å².